The summed E-state index contributed by atoms with van der Waals surface area (Å²) in [4.78, 5) is 6.89. The Kier molecular flexibility index (Phi) is 4.42. The molecule has 1 atom stereocenters. The van der Waals surface area contributed by atoms with Crippen LogP contribution in [0, 0.1) is 12.8 Å². The van der Waals surface area contributed by atoms with E-state index < -0.39 is 0 Å². The molecule has 0 aliphatic rings. The van der Waals surface area contributed by atoms with Crippen molar-refractivity contribution in [2.24, 2.45) is 5.92 Å². The predicted molar refractivity (Wildman–Crippen MR) is 85.2 cm³/mol. The first-order valence-corrected chi connectivity index (χ1v) is 7.56. The van der Waals surface area contributed by atoms with Gasteiger partial charge < -0.3 is 10.2 Å². The van der Waals surface area contributed by atoms with Crippen molar-refractivity contribution >= 4 is 26.7 Å². The molecule has 1 heterocycles. The number of fused-ring (bicyclic) bond motifs is 1. The zero-order valence-corrected chi connectivity index (χ0v) is 13.2. The summed E-state index contributed by atoms with van der Waals surface area (Å²) in [7, 11) is 4.22. The van der Waals surface area contributed by atoms with Gasteiger partial charge in [0, 0.05) is 12.6 Å². The Bertz CT molecular complexity index is 545. The minimum absolute atomic E-state index is 0.427. The van der Waals surface area contributed by atoms with E-state index in [1.165, 1.54) is 10.3 Å². The molecule has 2 rings (SSSR count). The average Bonchev–Trinajstić information content (AvgIpc) is 2.68. The molecule has 104 valence electrons. The van der Waals surface area contributed by atoms with E-state index in [4.69, 9.17) is 0 Å². The molecule has 3 nitrogen and oxygen atoms in total. The van der Waals surface area contributed by atoms with Crippen LogP contribution in [0.5, 0.6) is 0 Å². The molecule has 4 heteroatoms. The second kappa shape index (κ2) is 5.88. The second-order valence-corrected chi connectivity index (χ2v) is 6.78. The summed E-state index contributed by atoms with van der Waals surface area (Å²) in [5, 5.41) is 4.61. The standard InChI is InChI=1S/C15H23N3S/c1-10(2)13(9-18(4)5)17-15-16-12-7-6-11(3)8-14(12)19-15/h6-8,10,13H,9H2,1-5H3,(H,16,17). The maximum Gasteiger partial charge on any atom is 0.184 e. The Morgan fingerprint density at radius 3 is 2.68 bits per heavy atom. The molecule has 1 unspecified atom stereocenters. The quantitative estimate of drug-likeness (QED) is 0.905. The molecule has 19 heavy (non-hydrogen) atoms. The number of aryl methyl sites for hydroxylation is 1. The molecular formula is C15H23N3S. The Morgan fingerprint density at radius 1 is 1.32 bits per heavy atom. The van der Waals surface area contributed by atoms with Crippen molar-refractivity contribution in [3.63, 3.8) is 0 Å². The van der Waals surface area contributed by atoms with Gasteiger partial charge in [0.1, 0.15) is 0 Å². The fraction of sp³-hybridized carbons (Fsp3) is 0.533. The van der Waals surface area contributed by atoms with E-state index in [2.05, 4.69) is 68.3 Å². The molecule has 0 fully saturated rings. The maximum absolute atomic E-state index is 4.67. The van der Waals surface area contributed by atoms with Crippen LogP contribution < -0.4 is 5.32 Å². The highest BCUT2D eigenvalue weighted by Gasteiger charge is 2.16. The number of nitrogens with zero attached hydrogens (tertiary/aromatic N) is 2. The molecule has 0 radical (unpaired) electrons. The first-order valence-electron chi connectivity index (χ1n) is 6.74. The highest BCUT2D eigenvalue weighted by atomic mass is 32.1. The third kappa shape index (κ3) is 3.67. The van der Waals surface area contributed by atoms with Crippen molar-refractivity contribution in [1.82, 2.24) is 9.88 Å². The van der Waals surface area contributed by atoms with Gasteiger partial charge >= 0.3 is 0 Å². The normalized spacial score (nSPS) is 13.4. The van der Waals surface area contributed by atoms with Gasteiger partial charge in [-0.1, -0.05) is 31.3 Å². The van der Waals surface area contributed by atoms with Gasteiger partial charge in [0.25, 0.3) is 0 Å². The minimum Gasteiger partial charge on any atom is -0.357 e. The number of rotatable bonds is 5. The van der Waals surface area contributed by atoms with Gasteiger partial charge in [-0.3, -0.25) is 0 Å². The largest absolute Gasteiger partial charge is 0.357 e. The molecule has 0 spiro atoms. The van der Waals surface area contributed by atoms with Crippen LogP contribution in [0.15, 0.2) is 18.2 Å². The predicted octanol–water partition coefficient (Wildman–Crippen LogP) is 3.60. The van der Waals surface area contributed by atoms with E-state index in [1.807, 2.05) is 0 Å². The summed E-state index contributed by atoms with van der Waals surface area (Å²) >= 11 is 1.74. The van der Waals surface area contributed by atoms with Gasteiger partial charge in [-0.2, -0.15) is 0 Å². The summed E-state index contributed by atoms with van der Waals surface area (Å²) in [5.74, 6) is 0.580. The Morgan fingerprint density at radius 2 is 2.05 bits per heavy atom. The molecule has 1 aromatic carbocycles. The zero-order chi connectivity index (χ0) is 14.0. The van der Waals surface area contributed by atoms with Gasteiger partial charge in [-0.05, 0) is 44.6 Å². The van der Waals surface area contributed by atoms with E-state index in [1.54, 1.807) is 11.3 Å². The number of aromatic nitrogens is 1. The van der Waals surface area contributed by atoms with Gasteiger partial charge in [-0.25, -0.2) is 4.98 Å². The van der Waals surface area contributed by atoms with Crippen LogP contribution >= 0.6 is 11.3 Å². The lowest BCUT2D eigenvalue weighted by molar-refractivity contribution is 0.344. The Balaban J connectivity index is 2.19. The van der Waals surface area contributed by atoms with Crippen molar-refractivity contribution in [2.75, 3.05) is 26.0 Å². The van der Waals surface area contributed by atoms with Crippen LogP contribution in [-0.2, 0) is 0 Å². The number of likely N-dealkylation sites (N-methyl/N-ethyl adjacent to an activating group) is 1. The van der Waals surface area contributed by atoms with Gasteiger partial charge in [-0.15, -0.1) is 0 Å². The molecular weight excluding hydrogens is 254 g/mol. The molecule has 2 aromatic rings. The number of thiazole rings is 1. The van der Waals surface area contributed by atoms with Crippen LogP contribution in [0.2, 0.25) is 0 Å². The van der Waals surface area contributed by atoms with Crippen molar-refractivity contribution in [3.8, 4) is 0 Å². The summed E-state index contributed by atoms with van der Waals surface area (Å²) in [6, 6.07) is 6.85. The van der Waals surface area contributed by atoms with Gasteiger partial charge in [0.15, 0.2) is 5.13 Å². The van der Waals surface area contributed by atoms with Crippen LogP contribution in [0.25, 0.3) is 10.2 Å². The minimum atomic E-state index is 0.427. The fourth-order valence-corrected chi connectivity index (χ4v) is 3.09. The van der Waals surface area contributed by atoms with Crippen LogP contribution in [0.3, 0.4) is 0 Å². The van der Waals surface area contributed by atoms with Crippen molar-refractivity contribution in [2.45, 2.75) is 26.8 Å². The number of nitrogens with one attached hydrogen (secondary N) is 1. The lowest BCUT2D eigenvalue weighted by Crippen LogP contribution is -2.36. The molecule has 0 aliphatic heterocycles. The summed E-state index contributed by atoms with van der Waals surface area (Å²) in [6.07, 6.45) is 0. The number of hydrogen-bond donors (Lipinski definition) is 1. The maximum atomic E-state index is 4.67. The summed E-state index contributed by atoms with van der Waals surface area (Å²) in [5.41, 5.74) is 2.38. The van der Waals surface area contributed by atoms with Crippen LogP contribution in [-0.4, -0.2) is 36.6 Å². The molecule has 0 bridgehead atoms. The lowest BCUT2D eigenvalue weighted by atomic mass is 10.0. The third-order valence-electron chi connectivity index (χ3n) is 3.22. The van der Waals surface area contributed by atoms with Crippen molar-refractivity contribution in [1.29, 1.82) is 0 Å². The SMILES string of the molecule is Cc1ccc2nc(NC(CN(C)C)C(C)C)sc2c1. The first kappa shape index (κ1) is 14.3. The summed E-state index contributed by atoms with van der Waals surface area (Å²) in [6.45, 7) is 7.64. The number of hydrogen-bond acceptors (Lipinski definition) is 4. The monoisotopic (exact) mass is 277 g/mol. The number of benzene rings is 1. The molecule has 1 aromatic heterocycles. The van der Waals surface area contributed by atoms with E-state index in [0.29, 0.717) is 12.0 Å². The number of anilines is 1. The van der Waals surface area contributed by atoms with Gasteiger partial charge in [0.2, 0.25) is 0 Å². The van der Waals surface area contributed by atoms with E-state index in [9.17, 15) is 0 Å². The lowest BCUT2D eigenvalue weighted by Gasteiger charge is -2.25. The first-order chi connectivity index (χ1) is 8.95. The molecule has 0 saturated carbocycles. The van der Waals surface area contributed by atoms with E-state index >= 15 is 0 Å². The molecule has 0 aliphatic carbocycles. The zero-order valence-electron chi connectivity index (χ0n) is 12.4. The summed E-state index contributed by atoms with van der Waals surface area (Å²) < 4.78 is 1.26. The van der Waals surface area contributed by atoms with Gasteiger partial charge in [0.05, 0.1) is 10.2 Å². The Labute approximate surface area is 119 Å². The third-order valence-corrected chi connectivity index (χ3v) is 4.17. The molecule has 1 N–H and O–H groups in total. The van der Waals surface area contributed by atoms with Crippen molar-refractivity contribution in [3.05, 3.63) is 23.8 Å². The molecule has 0 saturated heterocycles. The Hall–Kier alpha value is -1.13. The average molecular weight is 277 g/mol. The fourth-order valence-electron chi connectivity index (χ4n) is 2.07. The van der Waals surface area contributed by atoms with Crippen LogP contribution in [0.1, 0.15) is 19.4 Å². The van der Waals surface area contributed by atoms with Crippen molar-refractivity contribution < 1.29 is 0 Å². The molecule has 0 amide bonds. The van der Waals surface area contributed by atoms with Crippen LogP contribution in [0.4, 0.5) is 5.13 Å². The highest BCUT2D eigenvalue weighted by Crippen LogP contribution is 2.27. The topological polar surface area (TPSA) is 28.2 Å². The van der Waals surface area contributed by atoms with E-state index in [0.717, 1.165) is 17.2 Å². The second-order valence-electron chi connectivity index (χ2n) is 5.75. The smallest absolute Gasteiger partial charge is 0.184 e. The highest BCUT2D eigenvalue weighted by molar-refractivity contribution is 7.22. The van der Waals surface area contributed by atoms with E-state index in [-0.39, 0.29) is 0 Å².